The minimum atomic E-state index is -3.93. The molecule has 0 radical (unpaired) electrons. The lowest BCUT2D eigenvalue weighted by Crippen LogP contribution is -2.40. The van der Waals surface area contributed by atoms with Gasteiger partial charge in [0.05, 0.1) is 10.6 Å². The highest BCUT2D eigenvalue weighted by molar-refractivity contribution is 7.92. The van der Waals surface area contributed by atoms with Gasteiger partial charge in [-0.15, -0.1) is 0 Å². The predicted octanol–water partition coefficient (Wildman–Crippen LogP) is 3.65. The average molecular weight is 412 g/mol. The number of aryl methyl sites for hydroxylation is 1. The fourth-order valence-electron chi connectivity index (χ4n) is 2.81. The van der Waals surface area contributed by atoms with Crippen LogP contribution in [-0.2, 0) is 21.4 Å². The molecule has 0 saturated heterocycles. The van der Waals surface area contributed by atoms with Gasteiger partial charge < -0.3 is 5.32 Å². The molecule has 0 saturated carbocycles. The number of hydrogen-bond donors (Lipinski definition) is 1. The van der Waals surface area contributed by atoms with Crippen LogP contribution in [0.1, 0.15) is 11.1 Å². The molecule has 29 heavy (non-hydrogen) atoms. The molecule has 7 heteroatoms. The van der Waals surface area contributed by atoms with Crippen molar-refractivity contribution in [1.29, 1.82) is 0 Å². The number of carbonyl (C=O) groups is 1. The van der Waals surface area contributed by atoms with Gasteiger partial charge in [-0.1, -0.05) is 42.5 Å². The summed E-state index contributed by atoms with van der Waals surface area (Å²) in [4.78, 5) is 12.6. The Balaban J connectivity index is 1.83. The van der Waals surface area contributed by atoms with Crippen LogP contribution in [0.5, 0.6) is 0 Å². The van der Waals surface area contributed by atoms with E-state index < -0.39 is 15.9 Å². The summed E-state index contributed by atoms with van der Waals surface area (Å²) < 4.78 is 40.5. The number of nitrogens with zero attached hydrogens (tertiary/aromatic N) is 1. The minimum Gasteiger partial charge on any atom is -0.350 e. The van der Waals surface area contributed by atoms with E-state index in [1.165, 1.54) is 24.3 Å². The third-order valence-electron chi connectivity index (χ3n) is 4.31. The number of benzene rings is 3. The quantitative estimate of drug-likeness (QED) is 0.644. The van der Waals surface area contributed by atoms with Gasteiger partial charge in [0.15, 0.2) is 0 Å². The SMILES string of the molecule is Cc1cccc(N(CC(=O)NCc2ccc(F)cc2)S(=O)(=O)c2ccccc2)c1. The van der Waals surface area contributed by atoms with E-state index in [1.54, 1.807) is 48.5 Å². The van der Waals surface area contributed by atoms with E-state index in [2.05, 4.69) is 5.32 Å². The lowest BCUT2D eigenvalue weighted by molar-refractivity contribution is -0.119. The number of carbonyl (C=O) groups excluding carboxylic acids is 1. The third kappa shape index (κ3) is 5.20. The maximum atomic E-state index is 13.2. The van der Waals surface area contributed by atoms with Crippen molar-refractivity contribution in [3.63, 3.8) is 0 Å². The van der Waals surface area contributed by atoms with Crippen LogP contribution in [0.25, 0.3) is 0 Å². The molecule has 1 amide bonds. The van der Waals surface area contributed by atoms with Crippen molar-refractivity contribution >= 4 is 21.6 Å². The molecule has 3 rings (SSSR count). The largest absolute Gasteiger partial charge is 0.350 e. The average Bonchev–Trinajstić information content (AvgIpc) is 2.72. The van der Waals surface area contributed by atoms with Crippen LogP contribution in [0.4, 0.5) is 10.1 Å². The van der Waals surface area contributed by atoms with E-state index >= 15 is 0 Å². The van der Waals surface area contributed by atoms with Gasteiger partial charge in [-0.05, 0) is 54.4 Å². The Labute approximate surface area is 169 Å². The number of amides is 1. The van der Waals surface area contributed by atoms with Gasteiger partial charge in [0.25, 0.3) is 10.0 Å². The molecule has 0 bridgehead atoms. The minimum absolute atomic E-state index is 0.104. The molecule has 0 atom stereocenters. The Kier molecular flexibility index (Phi) is 6.29. The van der Waals surface area contributed by atoms with Crippen LogP contribution in [-0.4, -0.2) is 20.9 Å². The lowest BCUT2D eigenvalue weighted by atomic mass is 10.2. The summed E-state index contributed by atoms with van der Waals surface area (Å²) in [5, 5.41) is 2.69. The highest BCUT2D eigenvalue weighted by Crippen LogP contribution is 2.24. The molecule has 0 aliphatic carbocycles. The van der Waals surface area contributed by atoms with Crippen LogP contribution in [0.2, 0.25) is 0 Å². The van der Waals surface area contributed by atoms with Crippen molar-refractivity contribution in [2.45, 2.75) is 18.4 Å². The molecule has 0 aliphatic rings. The van der Waals surface area contributed by atoms with E-state index in [0.29, 0.717) is 11.3 Å². The zero-order valence-corrected chi connectivity index (χ0v) is 16.7. The summed E-state index contributed by atoms with van der Waals surface area (Å²) in [5.41, 5.74) is 2.00. The Morgan fingerprint density at radius 3 is 2.31 bits per heavy atom. The van der Waals surface area contributed by atoms with Crippen molar-refractivity contribution in [1.82, 2.24) is 5.32 Å². The highest BCUT2D eigenvalue weighted by atomic mass is 32.2. The predicted molar refractivity (Wildman–Crippen MR) is 110 cm³/mol. The molecule has 5 nitrogen and oxygen atoms in total. The summed E-state index contributed by atoms with van der Waals surface area (Å²) in [6, 6.07) is 20.7. The summed E-state index contributed by atoms with van der Waals surface area (Å²) in [6.07, 6.45) is 0. The number of halogens is 1. The second kappa shape index (κ2) is 8.87. The smallest absolute Gasteiger partial charge is 0.264 e. The van der Waals surface area contributed by atoms with Crippen LogP contribution < -0.4 is 9.62 Å². The van der Waals surface area contributed by atoms with E-state index in [0.717, 1.165) is 9.87 Å². The molecule has 0 aromatic heterocycles. The van der Waals surface area contributed by atoms with Gasteiger partial charge in [-0.3, -0.25) is 9.10 Å². The summed E-state index contributed by atoms with van der Waals surface area (Å²) in [6.45, 7) is 1.65. The van der Waals surface area contributed by atoms with Crippen molar-refractivity contribution in [2.75, 3.05) is 10.8 Å². The number of rotatable bonds is 7. The zero-order valence-electron chi connectivity index (χ0n) is 15.9. The van der Waals surface area contributed by atoms with Gasteiger partial charge >= 0.3 is 0 Å². The second-order valence-electron chi connectivity index (χ2n) is 6.57. The highest BCUT2D eigenvalue weighted by Gasteiger charge is 2.27. The van der Waals surface area contributed by atoms with Gasteiger partial charge in [-0.2, -0.15) is 0 Å². The molecule has 3 aromatic carbocycles. The van der Waals surface area contributed by atoms with Gasteiger partial charge in [-0.25, -0.2) is 12.8 Å². The normalized spacial score (nSPS) is 11.1. The fraction of sp³-hybridized carbons (Fsp3) is 0.136. The molecule has 0 fully saturated rings. The number of nitrogens with one attached hydrogen (secondary N) is 1. The first-order valence-corrected chi connectivity index (χ1v) is 10.5. The topological polar surface area (TPSA) is 66.5 Å². The zero-order chi connectivity index (χ0) is 20.9. The standard InChI is InChI=1S/C22H21FN2O3S/c1-17-6-5-7-20(14-17)25(29(27,28)21-8-3-2-4-9-21)16-22(26)24-15-18-10-12-19(23)13-11-18/h2-14H,15-16H2,1H3,(H,24,26). The van der Waals surface area contributed by atoms with Crippen molar-refractivity contribution in [2.24, 2.45) is 0 Å². The Bertz CT molecular complexity index is 1080. The van der Waals surface area contributed by atoms with E-state index in [1.807, 2.05) is 13.0 Å². The van der Waals surface area contributed by atoms with Crippen molar-refractivity contribution < 1.29 is 17.6 Å². The lowest BCUT2D eigenvalue weighted by Gasteiger charge is -2.24. The molecule has 0 unspecified atom stereocenters. The van der Waals surface area contributed by atoms with Crippen LogP contribution in [0.15, 0.2) is 83.8 Å². The van der Waals surface area contributed by atoms with Crippen LogP contribution >= 0.6 is 0 Å². The number of hydrogen-bond acceptors (Lipinski definition) is 3. The molecule has 3 aromatic rings. The van der Waals surface area contributed by atoms with Gasteiger partial charge in [0, 0.05) is 6.54 Å². The molecule has 150 valence electrons. The van der Waals surface area contributed by atoms with Crippen molar-refractivity contribution in [3.05, 3.63) is 95.8 Å². The monoisotopic (exact) mass is 412 g/mol. The summed E-state index contributed by atoms with van der Waals surface area (Å²) in [7, 11) is -3.93. The summed E-state index contributed by atoms with van der Waals surface area (Å²) in [5.74, 6) is -0.824. The Morgan fingerprint density at radius 2 is 1.66 bits per heavy atom. The first kappa shape index (κ1) is 20.5. The molecule has 0 aliphatic heterocycles. The van der Waals surface area contributed by atoms with Gasteiger partial charge in [0.1, 0.15) is 12.4 Å². The molecule has 0 heterocycles. The molecule has 1 N–H and O–H groups in total. The van der Waals surface area contributed by atoms with Crippen molar-refractivity contribution in [3.8, 4) is 0 Å². The Hall–Kier alpha value is -3.19. The Morgan fingerprint density at radius 1 is 0.966 bits per heavy atom. The van der Waals surface area contributed by atoms with Crippen LogP contribution in [0.3, 0.4) is 0 Å². The molecular formula is C22H21FN2O3S. The first-order chi connectivity index (χ1) is 13.9. The number of sulfonamides is 1. The molecular weight excluding hydrogens is 391 g/mol. The molecule has 0 spiro atoms. The van der Waals surface area contributed by atoms with E-state index in [4.69, 9.17) is 0 Å². The maximum absolute atomic E-state index is 13.2. The second-order valence-corrected chi connectivity index (χ2v) is 8.43. The third-order valence-corrected chi connectivity index (χ3v) is 6.10. The summed E-state index contributed by atoms with van der Waals surface area (Å²) >= 11 is 0. The number of anilines is 1. The van der Waals surface area contributed by atoms with E-state index in [-0.39, 0.29) is 23.8 Å². The fourth-order valence-corrected chi connectivity index (χ4v) is 4.24. The van der Waals surface area contributed by atoms with Gasteiger partial charge in [0.2, 0.25) is 5.91 Å². The first-order valence-electron chi connectivity index (χ1n) is 9.02. The maximum Gasteiger partial charge on any atom is 0.264 e. The van der Waals surface area contributed by atoms with Crippen LogP contribution in [0, 0.1) is 12.7 Å². The van der Waals surface area contributed by atoms with E-state index in [9.17, 15) is 17.6 Å².